The zero-order chi connectivity index (χ0) is 18.7. The number of methoxy groups -OCH3 is 1. The van der Waals surface area contributed by atoms with Gasteiger partial charge in [-0.25, -0.2) is 0 Å². The van der Waals surface area contributed by atoms with E-state index < -0.39 is 0 Å². The van der Waals surface area contributed by atoms with E-state index in [-0.39, 0.29) is 6.04 Å². The van der Waals surface area contributed by atoms with Crippen LogP contribution in [0.4, 0.5) is 0 Å². The lowest BCUT2D eigenvalue weighted by atomic mass is 9.85. The van der Waals surface area contributed by atoms with Gasteiger partial charge in [-0.2, -0.15) is 10.1 Å². The third-order valence-electron chi connectivity index (χ3n) is 5.37. The molecule has 0 spiro atoms. The summed E-state index contributed by atoms with van der Waals surface area (Å²) in [4.78, 5) is 9.20. The molecule has 1 aliphatic rings. The summed E-state index contributed by atoms with van der Waals surface area (Å²) in [5.74, 6) is 1.77. The molecule has 26 heavy (non-hydrogen) atoms. The van der Waals surface area contributed by atoms with Crippen LogP contribution in [-0.2, 0) is 18.4 Å². The molecular formula is C18H30N6O2. The number of hydrogen-bond donors (Lipinski definition) is 0. The molecule has 3 atom stereocenters. The summed E-state index contributed by atoms with van der Waals surface area (Å²) in [6.07, 6.45) is 6.56. The van der Waals surface area contributed by atoms with Crippen LogP contribution in [0.2, 0.25) is 0 Å². The Bertz CT molecular complexity index is 699. The number of piperidine rings is 1. The minimum atomic E-state index is 0.0647. The van der Waals surface area contributed by atoms with E-state index >= 15 is 0 Å². The van der Waals surface area contributed by atoms with Gasteiger partial charge in [0.25, 0.3) is 0 Å². The molecule has 0 bridgehead atoms. The first-order valence-corrected chi connectivity index (χ1v) is 9.20. The van der Waals surface area contributed by atoms with Crippen LogP contribution in [0.5, 0.6) is 0 Å². The summed E-state index contributed by atoms with van der Waals surface area (Å²) in [7, 11) is 7.94. The van der Waals surface area contributed by atoms with Crippen molar-refractivity contribution in [1.29, 1.82) is 0 Å². The Labute approximate surface area is 155 Å². The van der Waals surface area contributed by atoms with Crippen molar-refractivity contribution in [2.45, 2.75) is 38.5 Å². The Morgan fingerprint density at radius 3 is 2.92 bits per heavy atom. The van der Waals surface area contributed by atoms with E-state index in [9.17, 15) is 0 Å². The van der Waals surface area contributed by atoms with Gasteiger partial charge in [0.2, 0.25) is 5.89 Å². The summed E-state index contributed by atoms with van der Waals surface area (Å²) in [6.45, 7) is 4.57. The van der Waals surface area contributed by atoms with Crippen LogP contribution in [0, 0.1) is 5.92 Å². The largest absolute Gasteiger partial charge is 0.377 e. The van der Waals surface area contributed by atoms with Crippen molar-refractivity contribution in [3.8, 4) is 0 Å². The van der Waals surface area contributed by atoms with Crippen LogP contribution in [0.15, 0.2) is 16.9 Å². The second-order valence-corrected chi connectivity index (χ2v) is 7.37. The van der Waals surface area contributed by atoms with E-state index in [2.05, 4.69) is 52.3 Å². The number of hydrogen-bond acceptors (Lipinski definition) is 7. The van der Waals surface area contributed by atoms with Gasteiger partial charge in [-0.1, -0.05) is 5.16 Å². The smallest absolute Gasteiger partial charge is 0.243 e. The first kappa shape index (κ1) is 19.0. The highest BCUT2D eigenvalue weighted by atomic mass is 16.5. The van der Waals surface area contributed by atoms with Crippen molar-refractivity contribution < 1.29 is 9.26 Å². The minimum absolute atomic E-state index is 0.0647. The third-order valence-corrected chi connectivity index (χ3v) is 5.37. The predicted molar refractivity (Wildman–Crippen MR) is 97.4 cm³/mol. The molecule has 0 aromatic carbocycles. The van der Waals surface area contributed by atoms with Gasteiger partial charge in [-0.15, -0.1) is 0 Å². The molecule has 2 aromatic rings. The van der Waals surface area contributed by atoms with Crippen LogP contribution in [-0.4, -0.2) is 64.0 Å². The molecule has 3 heterocycles. The molecule has 1 aliphatic heterocycles. The Kier molecular flexibility index (Phi) is 6.05. The van der Waals surface area contributed by atoms with Crippen molar-refractivity contribution in [2.75, 3.05) is 34.3 Å². The average molecular weight is 362 g/mol. The average Bonchev–Trinajstić information content (AvgIpc) is 3.24. The molecule has 3 rings (SSSR count). The fourth-order valence-corrected chi connectivity index (χ4v) is 3.91. The maximum Gasteiger partial charge on any atom is 0.243 e. The molecule has 0 N–H and O–H groups in total. The Hall–Kier alpha value is -1.77. The van der Waals surface area contributed by atoms with E-state index in [0.717, 1.165) is 13.1 Å². The van der Waals surface area contributed by atoms with Gasteiger partial charge in [0.1, 0.15) is 6.61 Å². The molecule has 2 aromatic heterocycles. The molecule has 0 unspecified atom stereocenters. The molecule has 1 saturated heterocycles. The minimum Gasteiger partial charge on any atom is -0.377 e. The van der Waals surface area contributed by atoms with Gasteiger partial charge in [0.05, 0.1) is 12.2 Å². The number of rotatable bonds is 7. The first-order valence-electron chi connectivity index (χ1n) is 9.20. The highest BCUT2D eigenvalue weighted by Gasteiger charge is 2.33. The summed E-state index contributed by atoms with van der Waals surface area (Å²) in [5, 5.41) is 8.35. The monoisotopic (exact) mass is 362 g/mol. The quantitative estimate of drug-likeness (QED) is 0.746. The summed E-state index contributed by atoms with van der Waals surface area (Å²) >= 11 is 0. The van der Waals surface area contributed by atoms with Crippen LogP contribution in [0.25, 0.3) is 0 Å². The second-order valence-electron chi connectivity index (χ2n) is 7.37. The van der Waals surface area contributed by atoms with Gasteiger partial charge >= 0.3 is 0 Å². The molecule has 8 heteroatoms. The van der Waals surface area contributed by atoms with Crippen molar-refractivity contribution >= 4 is 0 Å². The maximum atomic E-state index is 5.42. The Morgan fingerprint density at radius 2 is 2.23 bits per heavy atom. The summed E-state index contributed by atoms with van der Waals surface area (Å²) in [5.41, 5.74) is 1.29. The van der Waals surface area contributed by atoms with Gasteiger partial charge in [-0.05, 0) is 46.3 Å². The molecule has 1 fully saturated rings. The highest BCUT2D eigenvalue weighted by molar-refractivity contribution is 5.13. The van der Waals surface area contributed by atoms with E-state index in [4.69, 9.17) is 9.26 Å². The standard InChI is InChI=1S/C18H30N6O2/c1-13(18-20-16(12-25-5)21-26-18)23(3)10-14-7-6-8-22(2)17(14)15-9-19-24(4)11-15/h9,11,13-14,17H,6-8,10,12H2,1-5H3/t13-,14-,17+/m0/s1. The van der Waals surface area contributed by atoms with Gasteiger partial charge in [-0.3, -0.25) is 14.5 Å². The first-order chi connectivity index (χ1) is 12.5. The summed E-state index contributed by atoms with van der Waals surface area (Å²) < 4.78 is 12.4. The number of nitrogens with zero attached hydrogens (tertiary/aromatic N) is 6. The highest BCUT2D eigenvalue weighted by Crippen LogP contribution is 2.36. The van der Waals surface area contributed by atoms with Gasteiger partial charge in [0.15, 0.2) is 5.82 Å². The second kappa shape index (κ2) is 8.28. The molecule has 0 aliphatic carbocycles. The lowest BCUT2D eigenvalue weighted by Crippen LogP contribution is -2.41. The van der Waals surface area contributed by atoms with Crippen molar-refractivity contribution in [1.82, 2.24) is 29.7 Å². The predicted octanol–water partition coefficient (Wildman–Crippen LogP) is 2.03. The van der Waals surface area contributed by atoms with Crippen molar-refractivity contribution in [3.63, 3.8) is 0 Å². The van der Waals surface area contributed by atoms with Crippen LogP contribution in [0.3, 0.4) is 0 Å². The number of ether oxygens (including phenoxy) is 1. The van der Waals surface area contributed by atoms with Crippen LogP contribution < -0.4 is 0 Å². The van der Waals surface area contributed by atoms with Crippen molar-refractivity contribution in [2.24, 2.45) is 13.0 Å². The lowest BCUT2D eigenvalue weighted by Gasteiger charge is -2.41. The van der Waals surface area contributed by atoms with Crippen LogP contribution >= 0.6 is 0 Å². The van der Waals surface area contributed by atoms with E-state index in [1.54, 1.807) is 7.11 Å². The van der Waals surface area contributed by atoms with E-state index in [1.165, 1.54) is 18.4 Å². The Balaban J connectivity index is 1.70. The number of aromatic nitrogens is 4. The maximum absolute atomic E-state index is 5.42. The van der Waals surface area contributed by atoms with Crippen LogP contribution in [0.1, 0.15) is 49.1 Å². The molecule has 144 valence electrons. The topological polar surface area (TPSA) is 72.5 Å². The molecule has 0 amide bonds. The molecule has 8 nitrogen and oxygen atoms in total. The third kappa shape index (κ3) is 4.13. The fraction of sp³-hybridized carbons (Fsp3) is 0.722. The number of aryl methyl sites for hydroxylation is 1. The molecule has 0 radical (unpaired) electrons. The van der Waals surface area contributed by atoms with Crippen molar-refractivity contribution in [3.05, 3.63) is 29.7 Å². The fourth-order valence-electron chi connectivity index (χ4n) is 3.91. The zero-order valence-electron chi connectivity index (χ0n) is 16.4. The van der Waals surface area contributed by atoms with E-state index in [1.807, 2.05) is 17.9 Å². The van der Waals surface area contributed by atoms with Gasteiger partial charge < -0.3 is 9.26 Å². The SMILES string of the molecule is COCc1noc([C@H](C)N(C)C[C@@H]2CCCN(C)[C@H]2c2cnn(C)c2)n1. The normalized spacial score (nSPS) is 22.8. The summed E-state index contributed by atoms with van der Waals surface area (Å²) in [6, 6.07) is 0.453. The van der Waals surface area contributed by atoms with Gasteiger partial charge in [0, 0.05) is 38.5 Å². The molecular weight excluding hydrogens is 332 g/mol. The number of likely N-dealkylation sites (tertiary alicyclic amines) is 1. The lowest BCUT2D eigenvalue weighted by molar-refractivity contribution is 0.0784. The molecule has 0 saturated carbocycles. The zero-order valence-corrected chi connectivity index (χ0v) is 16.4. The van der Waals surface area contributed by atoms with E-state index in [0.29, 0.717) is 30.3 Å². The Morgan fingerprint density at radius 1 is 1.42 bits per heavy atom.